The molecule has 1 saturated heterocycles. The van der Waals surface area contributed by atoms with E-state index in [2.05, 4.69) is 33.3 Å². The van der Waals surface area contributed by atoms with Crippen molar-refractivity contribution in [3.05, 3.63) is 5.82 Å². The maximum Gasteiger partial charge on any atom is 0.244 e. The van der Waals surface area contributed by atoms with E-state index in [0.29, 0.717) is 5.92 Å². The summed E-state index contributed by atoms with van der Waals surface area (Å²) in [5.41, 5.74) is 5.97. The van der Waals surface area contributed by atoms with Gasteiger partial charge < -0.3 is 10.6 Å². The van der Waals surface area contributed by atoms with Crippen LogP contribution < -0.4 is 10.6 Å². The van der Waals surface area contributed by atoms with Crippen molar-refractivity contribution in [3.8, 4) is 0 Å². The van der Waals surface area contributed by atoms with Gasteiger partial charge in [0.05, 0.1) is 0 Å². The van der Waals surface area contributed by atoms with Gasteiger partial charge in [-0.05, 0) is 19.1 Å². The van der Waals surface area contributed by atoms with E-state index >= 15 is 0 Å². The summed E-state index contributed by atoms with van der Waals surface area (Å²) in [5, 5.41) is 7.35. The van der Waals surface area contributed by atoms with Crippen molar-refractivity contribution in [2.75, 3.05) is 30.0 Å². The molecule has 0 spiro atoms. The van der Waals surface area contributed by atoms with Crippen LogP contribution in [-0.2, 0) is 0 Å². The summed E-state index contributed by atoms with van der Waals surface area (Å²) in [7, 11) is 0. The Hall–Kier alpha value is -0.750. The van der Waals surface area contributed by atoms with Crippen molar-refractivity contribution < 1.29 is 0 Å². The van der Waals surface area contributed by atoms with Gasteiger partial charge in [0.2, 0.25) is 5.95 Å². The Labute approximate surface area is 107 Å². The first-order valence-electron chi connectivity index (χ1n) is 6.12. The molecule has 1 aliphatic heterocycles. The predicted octanol–water partition coefficient (Wildman–Crippen LogP) is 1.20. The number of nitrogens with zero attached hydrogens (tertiary/aromatic N) is 3. The number of thioether (sulfide) groups is 1. The third-order valence-corrected chi connectivity index (χ3v) is 3.95. The first-order chi connectivity index (χ1) is 8.20. The fourth-order valence-corrected chi connectivity index (χ4v) is 2.81. The van der Waals surface area contributed by atoms with E-state index < -0.39 is 0 Å². The van der Waals surface area contributed by atoms with Crippen LogP contribution in [0.5, 0.6) is 0 Å². The largest absolute Gasteiger partial charge is 0.338 e. The summed E-state index contributed by atoms with van der Waals surface area (Å²) in [5.74, 6) is 3.27. The summed E-state index contributed by atoms with van der Waals surface area (Å²) in [4.78, 5) is 6.76. The van der Waals surface area contributed by atoms with E-state index in [-0.39, 0.29) is 6.04 Å². The number of nitrogens with two attached hydrogens (primary N) is 1. The van der Waals surface area contributed by atoms with Gasteiger partial charge in [-0.2, -0.15) is 16.7 Å². The van der Waals surface area contributed by atoms with Gasteiger partial charge in [-0.1, -0.05) is 6.92 Å². The Morgan fingerprint density at radius 1 is 1.65 bits per heavy atom. The molecule has 96 valence electrons. The topological polar surface area (TPSA) is 70.8 Å². The molecule has 2 unspecified atom stereocenters. The Balaban J connectivity index is 2.02. The summed E-state index contributed by atoms with van der Waals surface area (Å²) in [6.07, 6.45) is 4.35. The molecule has 2 heterocycles. The molecular weight excluding hydrogens is 234 g/mol. The zero-order chi connectivity index (χ0) is 12.3. The highest BCUT2D eigenvalue weighted by atomic mass is 32.2. The Morgan fingerprint density at radius 2 is 2.47 bits per heavy atom. The maximum atomic E-state index is 5.97. The van der Waals surface area contributed by atoms with Crippen LogP contribution in [0.15, 0.2) is 0 Å². The number of H-pyrrole nitrogens is 1. The van der Waals surface area contributed by atoms with Gasteiger partial charge >= 0.3 is 0 Å². The SMILES string of the molecule is CSCC(C)c1nc(N2CCCC(N)C2)n[nH]1. The van der Waals surface area contributed by atoms with Crippen LogP contribution in [0.25, 0.3) is 0 Å². The van der Waals surface area contributed by atoms with E-state index in [9.17, 15) is 0 Å². The number of rotatable bonds is 4. The van der Waals surface area contributed by atoms with E-state index in [0.717, 1.165) is 43.5 Å². The number of aromatic nitrogens is 3. The molecule has 0 aliphatic carbocycles. The van der Waals surface area contributed by atoms with Crippen molar-refractivity contribution >= 4 is 17.7 Å². The highest BCUT2D eigenvalue weighted by Crippen LogP contribution is 2.19. The molecule has 17 heavy (non-hydrogen) atoms. The Bertz CT molecular complexity index is 353. The van der Waals surface area contributed by atoms with E-state index in [1.165, 1.54) is 0 Å². The molecule has 2 rings (SSSR count). The minimum atomic E-state index is 0.259. The minimum absolute atomic E-state index is 0.259. The fraction of sp³-hybridized carbons (Fsp3) is 0.818. The number of piperidine rings is 1. The van der Waals surface area contributed by atoms with Gasteiger partial charge in [0, 0.05) is 30.8 Å². The van der Waals surface area contributed by atoms with Gasteiger partial charge in [0.25, 0.3) is 0 Å². The lowest BCUT2D eigenvalue weighted by Crippen LogP contribution is -2.43. The highest BCUT2D eigenvalue weighted by Gasteiger charge is 2.21. The van der Waals surface area contributed by atoms with Crippen LogP contribution in [0.3, 0.4) is 0 Å². The van der Waals surface area contributed by atoms with Gasteiger partial charge in [-0.3, -0.25) is 5.10 Å². The molecule has 1 aromatic rings. The molecule has 0 aromatic carbocycles. The fourth-order valence-electron chi connectivity index (χ4n) is 2.15. The van der Waals surface area contributed by atoms with Crippen LogP contribution in [0.2, 0.25) is 0 Å². The second-order valence-corrected chi connectivity index (χ2v) is 5.64. The molecule has 0 radical (unpaired) electrons. The van der Waals surface area contributed by atoms with E-state index in [1.807, 2.05) is 11.8 Å². The lowest BCUT2D eigenvalue weighted by atomic mass is 10.1. The van der Waals surface area contributed by atoms with E-state index in [4.69, 9.17) is 5.73 Å². The zero-order valence-corrected chi connectivity index (χ0v) is 11.3. The Kier molecular flexibility index (Phi) is 4.28. The number of hydrogen-bond acceptors (Lipinski definition) is 5. The van der Waals surface area contributed by atoms with Gasteiger partial charge in [0.15, 0.2) is 0 Å². The van der Waals surface area contributed by atoms with Crippen LogP contribution in [0.4, 0.5) is 5.95 Å². The first kappa shape index (κ1) is 12.7. The molecule has 0 bridgehead atoms. The lowest BCUT2D eigenvalue weighted by molar-refractivity contribution is 0.500. The van der Waals surface area contributed by atoms with Crippen molar-refractivity contribution in [3.63, 3.8) is 0 Å². The van der Waals surface area contributed by atoms with Crippen molar-refractivity contribution in [1.82, 2.24) is 15.2 Å². The summed E-state index contributed by atoms with van der Waals surface area (Å²) >= 11 is 1.83. The number of aromatic amines is 1. The molecule has 0 amide bonds. The second kappa shape index (κ2) is 5.73. The molecule has 5 nitrogen and oxygen atoms in total. The average Bonchev–Trinajstić information content (AvgIpc) is 2.78. The highest BCUT2D eigenvalue weighted by molar-refractivity contribution is 7.98. The van der Waals surface area contributed by atoms with Crippen LogP contribution in [-0.4, -0.2) is 46.3 Å². The monoisotopic (exact) mass is 255 g/mol. The smallest absolute Gasteiger partial charge is 0.244 e. The Morgan fingerprint density at radius 3 is 3.18 bits per heavy atom. The molecular formula is C11H21N5S. The first-order valence-corrected chi connectivity index (χ1v) is 7.52. The van der Waals surface area contributed by atoms with Crippen molar-refractivity contribution in [2.45, 2.75) is 31.7 Å². The maximum absolute atomic E-state index is 5.97. The summed E-state index contributed by atoms with van der Waals surface area (Å²) in [6, 6.07) is 0.259. The van der Waals surface area contributed by atoms with Crippen LogP contribution in [0.1, 0.15) is 31.5 Å². The molecule has 1 aromatic heterocycles. The summed E-state index contributed by atoms with van der Waals surface area (Å²) < 4.78 is 0. The quantitative estimate of drug-likeness (QED) is 0.846. The molecule has 0 saturated carbocycles. The standard InChI is InChI=1S/C11H21N5S/c1-8(7-17-2)10-13-11(15-14-10)16-5-3-4-9(12)6-16/h8-9H,3-7,12H2,1-2H3,(H,13,14,15). The number of hydrogen-bond donors (Lipinski definition) is 2. The predicted molar refractivity (Wildman–Crippen MR) is 72.6 cm³/mol. The molecule has 1 aliphatic rings. The third kappa shape index (κ3) is 3.13. The molecule has 6 heteroatoms. The van der Waals surface area contributed by atoms with Crippen molar-refractivity contribution in [1.29, 1.82) is 0 Å². The number of nitrogens with one attached hydrogen (secondary N) is 1. The zero-order valence-electron chi connectivity index (χ0n) is 10.5. The van der Waals surface area contributed by atoms with Gasteiger partial charge in [0.1, 0.15) is 5.82 Å². The van der Waals surface area contributed by atoms with Gasteiger partial charge in [-0.25, -0.2) is 0 Å². The van der Waals surface area contributed by atoms with E-state index in [1.54, 1.807) is 0 Å². The third-order valence-electron chi connectivity index (χ3n) is 3.12. The molecule has 3 N–H and O–H groups in total. The van der Waals surface area contributed by atoms with Crippen LogP contribution >= 0.6 is 11.8 Å². The van der Waals surface area contributed by atoms with Gasteiger partial charge in [-0.15, -0.1) is 5.10 Å². The molecule has 1 fully saturated rings. The second-order valence-electron chi connectivity index (χ2n) is 4.73. The molecule has 2 atom stereocenters. The van der Waals surface area contributed by atoms with Crippen molar-refractivity contribution in [2.24, 2.45) is 5.73 Å². The van der Waals surface area contributed by atoms with Crippen LogP contribution in [0, 0.1) is 0 Å². The lowest BCUT2D eigenvalue weighted by Gasteiger charge is -2.29. The number of anilines is 1. The summed E-state index contributed by atoms with van der Waals surface area (Å²) in [6.45, 7) is 4.05. The minimum Gasteiger partial charge on any atom is -0.338 e. The average molecular weight is 255 g/mol. The normalized spacial score (nSPS) is 22.8.